The summed E-state index contributed by atoms with van der Waals surface area (Å²) in [4.78, 5) is 12.0. The predicted molar refractivity (Wildman–Crippen MR) is 76.4 cm³/mol. The molecule has 2 N–H and O–H groups in total. The molecule has 0 saturated heterocycles. The number of benzene rings is 1. The van der Waals surface area contributed by atoms with Gasteiger partial charge in [0.25, 0.3) is 0 Å². The molecule has 0 amide bonds. The smallest absolute Gasteiger partial charge is 0.335 e. The topological polar surface area (TPSA) is 83.5 Å². The zero-order chi connectivity index (χ0) is 15.6. The first-order chi connectivity index (χ1) is 9.79. The molecular formula is C13H12FNO4S2. The number of aryl methyl sites for hydroxylation is 1. The Labute approximate surface area is 125 Å². The fourth-order valence-electron chi connectivity index (χ4n) is 1.67. The van der Waals surface area contributed by atoms with Gasteiger partial charge in [-0.3, -0.25) is 0 Å². The maximum absolute atomic E-state index is 13.6. The molecule has 112 valence electrons. The minimum atomic E-state index is -4.12. The van der Waals surface area contributed by atoms with Crippen LogP contribution < -0.4 is 4.72 Å². The minimum absolute atomic E-state index is 0.0254. The first-order valence-electron chi connectivity index (χ1n) is 5.87. The lowest BCUT2D eigenvalue weighted by Gasteiger charge is -2.07. The first-order valence-corrected chi connectivity index (χ1v) is 8.17. The van der Waals surface area contributed by atoms with Crippen molar-refractivity contribution in [1.29, 1.82) is 0 Å². The van der Waals surface area contributed by atoms with Gasteiger partial charge in [-0.2, -0.15) is 0 Å². The van der Waals surface area contributed by atoms with E-state index in [4.69, 9.17) is 5.11 Å². The number of carbonyl (C=O) groups is 1. The van der Waals surface area contributed by atoms with Crippen molar-refractivity contribution in [2.24, 2.45) is 0 Å². The molecule has 1 aromatic carbocycles. The molecule has 0 aliphatic heterocycles. The fourth-order valence-corrected chi connectivity index (χ4v) is 3.70. The van der Waals surface area contributed by atoms with E-state index in [1.165, 1.54) is 11.3 Å². The number of sulfonamides is 1. The average molecular weight is 329 g/mol. The number of halogens is 1. The molecule has 8 heteroatoms. The summed E-state index contributed by atoms with van der Waals surface area (Å²) >= 11 is 1.42. The standard InChI is InChI=1S/C13H12FNO4S2/c1-8-2-4-10(20-8)7-15-21(18,19)12-6-9(13(16)17)3-5-11(12)14/h2-6,15H,7H2,1H3,(H,16,17). The Morgan fingerprint density at radius 1 is 1.33 bits per heavy atom. The van der Waals surface area contributed by atoms with Gasteiger partial charge in [-0.25, -0.2) is 22.3 Å². The summed E-state index contributed by atoms with van der Waals surface area (Å²) in [5.74, 6) is -2.31. The Hall–Kier alpha value is -1.77. The zero-order valence-corrected chi connectivity index (χ0v) is 12.6. The van der Waals surface area contributed by atoms with Gasteiger partial charge in [0.2, 0.25) is 10.0 Å². The average Bonchev–Trinajstić information content (AvgIpc) is 2.82. The Morgan fingerprint density at radius 3 is 2.62 bits per heavy atom. The SMILES string of the molecule is Cc1ccc(CNS(=O)(=O)c2cc(C(=O)O)ccc2F)s1. The molecule has 0 aliphatic carbocycles. The number of rotatable bonds is 5. The normalized spacial score (nSPS) is 11.5. The molecular weight excluding hydrogens is 317 g/mol. The summed E-state index contributed by atoms with van der Waals surface area (Å²) in [7, 11) is -4.12. The van der Waals surface area contributed by atoms with E-state index in [-0.39, 0.29) is 12.1 Å². The summed E-state index contributed by atoms with van der Waals surface area (Å²) in [6, 6.07) is 6.26. The van der Waals surface area contributed by atoms with Crippen LogP contribution in [0.5, 0.6) is 0 Å². The summed E-state index contributed by atoms with van der Waals surface area (Å²) < 4.78 is 40.0. The van der Waals surface area contributed by atoms with Crippen LogP contribution >= 0.6 is 11.3 Å². The second kappa shape index (κ2) is 5.92. The van der Waals surface area contributed by atoms with Gasteiger partial charge in [-0.15, -0.1) is 11.3 Å². The fraction of sp³-hybridized carbons (Fsp3) is 0.154. The number of hydrogen-bond donors (Lipinski definition) is 2. The van der Waals surface area contributed by atoms with E-state index < -0.39 is 26.7 Å². The molecule has 0 spiro atoms. The van der Waals surface area contributed by atoms with Crippen molar-refractivity contribution in [2.75, 3.05) is 0 Å². The van der Waals surface area contributed by atoms with E-state index in [9.17, 15) is 17.6 Å². The van der Waals surface area contributed by atoms with Crippen LogP contribution in [0.2, 0.25) is 0 Å². The number of hydrogen-bond acceptors (Lipinski definition) is 4. The molecule has 0 radical (unpaired) electrons. The van der Waals surface area contributed by atoms with Crippen molar-refractivity contribution in [3.05, 3.63) is 51.5 Å². The molecule has 2 aromatic rings. The van der Waals surface area contributed by atoms with Gasteiger partial charge in [0.1, 0.15) is 10.7 Å². The van der Waals surface area contributed by atoms with Crippen molar-refractivity contribution < 1.29 is 22.7 Å². The first kappa shape index (κ1) is 15.6. The number of carboxylic acids is 1. The van der Waals surface area contributed by atoms with Crippen molar-refractivity contribution in [3.63, 3.8) is 0 Å². The number of nitrogens with one attached hydrogen (secondary N) is 1. The van der Waals surface area contributed by atoms with Gasteiger partial charge in [-0.05, 0) is 37.3 Å². The van der Waals surface area contributed by atoms with Crippen LogP contribution in [0.3, 0.4) is 0 Å². The van der Waals surface area contributed by atoms with Gasteiger partial charge >= 0.3 is 5.97 Å². The van der Waals surface area contributed by atoms with E-state index in [1.54, 1.807) is 6.07 Å². The lowest BCUT2D eigenvalue weighted by Crippen LogP contribution is -2.24. The van der Waals surface area contributed by atoms with Crippen LogP contribution in [0.4, 0.5) is 4.39 Å². The maximum Gasteiger partial charge on any atom is 0.335 e. The van der Waals surface area contributed by atoms with Crippen molar-refractivity contribution in [2.45, 2.75) is 18.4 Å². The van der Waals surface area contributed by atoms with Crippen LogP contribution in [0.1, 0.15) is 20.1 Å². The van der Waals surface area contributed by atoms with Crippen LogP contribution in [0.15, 0.2) is 35.2 Å². The van der Waals surface area contributed by atoms with E-state index in [0.717, 1.165) is 28.0 Å². The summed E-state index contributed by atoms with van der Waals surface area (Å²) in [5, 5.41) is 8.84. The molecule has 0 unspecified atom stereocenters. The lowest BCUT2D eigenvalue weighted by atomic mass is 10.2. The predicted octanol–water partition coefficient (Wildman–Crippen LogP) is 2.37. The summed E-state index contributed by atoms with van der Waals surface area (Å²) in [6.07, 6.45) is 0. The zero-order valence-electron chi connectivity index (χ0n) is 11.0. The third-order valence-corrected chi connectivity index (χ3v) is 5.12. The largest absolute Gasteiger partial charge is 0.478 e. The molecule has 1 aromatic heterocycles. The second-order valence-corrected chi connectivity index (χ2v) is 7.40. The van der Waals surface area contributed by atoms with Crippen LogP contribution in [0.25, 0.3) is 0 Å². The monoisotopic (exact) mass is 329 g/mol. The van der Waals surface area contributed by atoms with Gasteiger partial charge in [0, 0.05) is 16.3 Å². The van der Waals surface area contributed by atoms with Crippen LogP contribution in [-0.4, -0.2) is 19.5 Å². The number of thiophene rings is 1. The summed E-state index contributed by atoms with van der Waals surface area (Å²) in [5.41, 5.74) is -0.288. The van der Waals surface area contributed by atoms with Gasteiger partial charge in [0.15, 0.2) is 0 Å². The third-order valence-electron chi connectivity index (χ3n) is 2.70. The van der Waals surface area contributed by atoms with E-state index in [2.05, 4.69) is 4.72 Å². The Morgan fingerprint density at radius 2 is 2.05 bits per heavy atom. The van der Waals surface area contributed by atoms with Crippen LogP contribution in [-0.2, 0) is 16.6 Å². The van der Waals surface area contributed by atoms with E-state index in [0.29, 0.717) is 0 Å². The van der Waals surface area contributed by atoms with E-state index >= 15 is 0 Å². The highest BCUT2D eigenvalue weighted by Gasteiger charge is 2.21. The Kier molecular flexibility index (Phi) is 4.40. The van der Waals surface area contributed by atoms with Gasteiger partial charge < -0.3 is 5.11 Å². The van der Waals surface area contributed by atoms with E-state index in [1.807, 2.05) is 13.0 Å². The van der Waals surface area contributed by atoms with Crippen LogP contribution in [0, 0.1) is 12.7 Å². The third kappa shape index (κ3) is 3.66. The summed E-state index contributed by atoms with van der Waals surface area (Å²) in [6.45, 7) is 1.91. The molecule has 0 saturated carbocycles. The quantitative estimate of drug-likeness (QED) is 0.882. The minimum Gasteiger partial charge on any atom is -0.478 e. The molecule has 0 fully saturated rings. The molecule has 0 aliphatic rings. The van der Waals surface area contributed by atoms with Gasteiger partial charge in [-0.1, -0.05) is 0 Å². The number of carboxylic acid groups (broad SMARTS) is 1. The molecule has 0 bridgehead atoms. The molecule has 21 heavy (non-hydrogen) atoms. The molecule has 0 atom stereocenters. The Bertz CT molecular complexity index is 783. The van der Waals surface area contributed by atoms with Crippen molar-refractivity contribution in [3.8, 4) is 0 Å². The molecule has 5 nitrogen and oxygen atoms in total. The van der Waals surface area contributed by atoms with Gasteiger partial charge in [0.05, 0.1) is 5.56 Å². The Balaban J connectivity index is 2.26. The highest BCUT2D eigenvalue weighted by Crippen LogP contribution is 2.19. The highest BCUT2D eigenvalue weighted by molar-refractivity contribution is 7.89. The maximum atomic E-state index is 13.6. The number of aromatic carboxylic acids is 1. The molecule has 2 rings (SSSR count). The van der Waals surface area contributed by atoms with Crippen molar-refractivity contribution in [1.82, 2.24) is 4.72 Å². The van der Waals surface area contributed by atoms with Crippen molar-refractivity contribution >= 4 is 27.3 Å². The molecule has 1 heterocycles. The lowest BCUT2D eigenvalue weighted by molar-refractivity contribution is 0.0696. The second-order valence-electron chi connectivity index (χ2n) is 4.29. The highest BCUT2D eigenvalue weighted by atomic mass is 32.2.